The summed E-state index contributed by atoms with van der Waals surface area (Å²) >= 11 is 0. The molecular formula is C17H21N3O2. The number of pyridine rings is 2. The first-order chi connectivity index (χ1) is 10.3. The second-order valence-electron chi connectivity index (χ2n) is 6.34. The number of nitrogens with one attached hydrogen (secondary N) is 2. The number of amides is 1. The standard InChI is InChI=1S/C17H21N3O2/c1-11-8-14(21)13(10-19-16(22)17(2,3)4)15(20-11)12-6-5-7-18-9-12/h5-9H,10H2,1-4H3,(H,19,22)(H,20,21). The van der Waals surface area contributed by atoms with Crippen molar-refractivity contribution in [3.8, 4) is 11.3 Å². The maximum atomic E-state index is 12.3. The predicted octanol–water partition coefficient (Wildman–Crippen LogP) is 2.41. The maximum absolute atomic E-state index is 12.3. The molecule has 0 saturated carbocycles. The number of aromatic nitrogens is 2. The van der Waals surface area contributed by atoms with Gasteiger partial charge in [0.1, 0.15) is 0 Å². The van der Waals surface area contributed by atoms with Crippen LogP contribution in [-0.2, 0) is 11.3 Å². The van der Waals surface area contributed by atoms with Gasteiger partial charge in [0.2, 0.25) is 5.91 Å². The van der Waals surface area contributed by atoms with Crippen LogP contribution in [0.5, 0.6) is 0 Å². The first kappa shape index (κ1) is 15.9. The lowest BCUT2D eigenvalue weighted by Gasteiger charge is -2.18. The van der Waals surface area contributed by atoms with E-state index in [-0.39, 0.29) is 17.9 Å². The van der Waals surface area contributed by atoms with Gasteiger partial charge < -0.3 is 10.3 Å². The molecule has 2 rings (SSSR count). The molecule has 1 amide bonds. The van der Waals surface area contributed by atoms with Gasteiger partial charge in [-0.25, -0.2) is 0 Å². The highest BCUT2D eigenvalue weighted by molar-refractivity contribution is 5.81. The highest BCUT2D eigenvalue weighted by Crippen LogP contribution is 2.19. The number of hydrogen-bond acceptors (Lipinski definition) is 3. The topological polar surface area (TPSA) is 74.8 Å². The Morgan fingerprint density at radius 1 is 1.36 bits per heavy atom. The number of rotatable bonds is 3. The van der Waals surface area contributed by atoms with Crippen molar-refractivity contribution < 1.29 is 4.79 Å². The van der Waals surface area contributed by atoms with Crippen molar-refractivity contribution in [2.24, 2.45) is 5.41 Å². The van der Waals surface area contributed by atoms with Crippen molar-refractivity contribution >= 4 is 5.91 Å². The van der Waals surface area contributed by atoms with Crippen LogP contribution in [0.1, 0.15) is 32.0 Å². The van der Waals surface area contributed by atoms with Crippen LogP contribution >= 0.6 is 0 Å². The number of nitrogens with zero attached hydrogens (tertiary/aromatic N) is 1. The summed E-state index contributed by atoms with van der Waals surface area (Å²) in [6, 6.07) is 5.23. The molecule has 22 heavy (non-hydrogen) atoms. The summed E-state index contributed by atoms with van der Waals surface area (Å²) in [7, 11) is 0. The lowest BCUT2D eigenvalue weighted by atomic mass is 9.95. The summed E-state index contributed by atoms with van der Waals surface area (Å²) in [6.07, 6.45) is 3.37. The minimum Gasteiger partial charge on any atom is -0.358 e. The van der Waals surface area contributed by atoms with Gasteiger partial charge in [0.15, 0.2) is 5.43 Å². The average molecular weight is 299 g/mol. The summed E-state index contributed by atoms with van der Waals surface area (Å²) in [5.41, 5.74) is 2.25. The van der Waals surface area contributed by atoms with E-state index >= 15 is 0 Å². The molecule has 0 aliphatic carbocycles. The summed E-state index contributed by atoms with van der Waals surface area (Å²) in [4.78, 5) is 31.6. The van der Waals surface area contributed by atoms with E-state index in [1.54, 1.807) is 18.5 Å². The van der Waals surface area contributed by atoms with Crippen molar-refractivity contribution in [2.45, 2.75) is 34.2 Å². The first-order valence-electron chi connectivity index (χ1n) is 7.20. The fourth-order valence-corrected chi connectivity index (χ4v) is 2.08. The third kappa shape index (κ3) is 3.61. The Balaban J connectivity index is 2.39. The second-order valence-corrected chi connectivity index (χ2v) is 6.34. The molecular weight excluding hydrogens is 278 g/mol. The fourth-order valence-electron chi connectivity index (χ4n) is 2.08. The molecule has 2 aromatic rings. The molecule has 0 radical (unpaired) electrons. The van der Waals surface area contributed by atoms with E-state index in [2.05, 4.69) is 15.3 Å². The van der Waals surface area contributed by atoms with E-state index in [0.29, 0.717) is 11.3 Å². The van der Waals surface area contributed by atoms with Crippen LogP contribution in [-0.4, -0.2) is 15.9 Å². The van der Waals surface area contributed by atoms with Gasteiger partial charge >= 0.3 is 0 Å². The molecule has 2 heterocycles. The Morgan fingerprint density at radius 3 is 2.68 bits per heavy atom. The van der Waals surface area contributed by atoms with Gasteiger partial charge in [-0.3, -0.25) is 14.6 Å². The van der Waals surface area contributed by atoms with Gasteiger partial charge in [-0.15, -0.1) is 0 Å². The van der Waals surface area contributed by atoms with Gasteiger partial charge in [0.05, 0.1) is 5.69 Å². The van der Waals surface area contributed by atoms with Crippen molar-refractivity contribution in [3.63, 3.8) is 0 Å². The Morgan fingerprint density at radius 2 is 2.09 bits per heavy atom. The second kappa shape index (κ2) is 6.13. The van der Waals surface area contributed by atoms with Gasteiger partial charge in [0, 0.05) is 47.2 Å². The molecule has 0 unspecified atom stereocenters. The summed E-state index contributed by atoms with van der Waals surface area (Å²) in [5.74, 6) is -0.0930. The lowest BCUT2D eigenvalue weighted by Crippen LogP contribution is -2.35. The zero-order valence-electron chi connectivity index (χ0n) is 13.4. The van der Waals surface area contributed by atoms with Crippen molar-refractivity contribution in [1.82, 2.24) is 15.3 Å². The molecule has 0 bridgehead atoms. The van der Waals surface area contributed by atoms with E-state index in [4.69, 9.17) is 0 Å². The normalized spacial score (nSPS) is 11.3. The molecule has 2 aromatic heterocycles. The van der Waals surface area contributed by atoms with Gasteiger partial charge in [-0.2, -0.15) is 0 Å². The number of hydrogen-bond donors (Lipinski definition) is 2. The number of aryl methyl sites for hydroxylation is 1. The van der Waals surface area contributed by atoms with E-state index < -0.39 is 5.41 Å². The molecule has 0 aliphatic heterocycles. The monoisotopic (exact) mass is 299 g/mol. The van der Waals surface area contributed by atoms with E-state index in [9.17, 15) is 9.59 Å². The molecule has 5 nitrogen and oxygen atoms in total. The molecule has 0 spiro atoms. The van der Waals surface area contributed by atoms with Crippen LogP contribution in [0.3, 0.4) is 0 Å². The smallest absolute Gasteiger partial charge is 0.225 e. The molecule has 116 valence electrons. The highest BCUT2D eigenvalue weighted by atomic mass is 16.2. The fraction of sp³-hybridized carbons (Fsp3) is 0.353. The van der Waals surface area contributed by atoms with Crippen molar-refractivity contribution in [3.05, 3.63) is 52.1 Å². The van der Waals surface area contributed by atoms with Gasteiger partial charge in [-0.05, 0) is 19.1 Å². The molecule has 0 atom stereocenters. The Hall–Kier alpha value is -2.43. The third-order valence-electron chi connectivity index (χ3n) is 3.33. The van der Waals surface area contributed by atoms with Crippen LogP contribution in [0.25, 0.3) is 11.3 Å². The SMILES string of the molecule is Cc1cc(=O)c(CNC(=O)C(C)(C)C)c(-c2cccnc2)[nH]1. The minimum absolute atomic E-state index is 0.0930. The van der Waals surface area contributed by atoms with Crippen molar-refractivity contribution in [2.75, 3.05) is 0 Å². The lowest BCUT2D eigenvalue weighted by molar-refractivity contribution is -0.128. The summed E-state index contributed by atoms with van der Waals surface area (Å²) in [5, 5.41) is 2.83. The quantitative estimate of drug-likeness (QED) is 0.914. The summed E-state index contributed by atoms with van der Waals surface area (Å²) in [6.45, 7) is 7.53. The van der Waals surface area contributed by atoms with E-state index in [1.807, 2.05) is 39.8 Å². The van der Waals surface area contributed by atoms with E-state index in [1.165, 1.54) is 0 Å². The molecule has 0 fully saturated rings. The molecule has 0 aliphatic rings. The van der Waals surface area contributed by atoms with Crippen LogP contribution in [0.2, 0.25) is 0 Å². The van der Waals surface area contributed by atoms with E-state index in [0.717, 1.165) is 11.3 Å². The zero-order chi connectivity index (χ0) is 16.3. The third-order valence-corrected chi connectivity index (χ3v) is 3.33. The number of carbonyl (C=O) groups excluding carboxylic acids is 1. The van der Waals surface area contributed by atoms with Crippen LogP contribution in [0, 0.1) is 12.3 Å². The average Bonchev–Trinajstić information content (AvgIpc) is 2.45. The molecule has 0 saturated heterocycles. The Kier molecular flexibility index (Phi) is 4.45. The number of aromatic amines is 1. The number of H-pyrrole nitrogens is 1. The predicted molar refractivity (Wildman–Crippen MR) is 86.3 cm³/mol. The molecule has 2 N–H and O–H groups in total. The summed E-state index contributed by atoms with van der Waals surface area (Å²) < 4.78 is 0. The number of carbonyl (C=O) groups is 1. The zero-order valence-corrected chi connectivity index (χ0v) is 13.4. The molecule has 5 heteroatoms. The Bertz CT molecular complexity index is 728. The van der Waals surface area contributed by atoms with Gasteiger partial charge in [-0.1, -0.05) is 20.8 Å². The van der Waals surface area contributed by atoms with Crippen LogP contribution in [0.4, 0.5) is 0 Å². The maximum Gasteiger partial charge on any atom is 0.225 e. The minimum atomic E-state index is -0.494. The highest BCUT2D eigenvalue weighted by Gasteiger charge is 2.21. The van der Waals surface area contributed by atoms with Crippen LogP contribution < -0.4 is 10.7 Å². The molecule has 0 aromatic carbocycles. The van der Waals surface area contributed by atoms with Crippen molar-refractivity contribution in [1.29, 1.82) is 0 Å². The Labute approximate surface area is 129 Å². The van der Waals surface area contributed by atoms with Crippen LogP contribution in [0.15, 0.2) is 35.4 Å². The van der Waals surface area contributed by atoms with Gasteiger partial charge in [0.25, 0.3) is 0 Å². The first-order valence-corrected chi connectivity index (χ1v) is 7.20. The largest absolute Gasteiger partial charge is 0.358 e.